The van der Waals surface area contributed by atoms with Gasteiger partial charge in [0.05, 0.1) is 0 Å². The third-order valence-electron chi connectivity index (χ3n) is 1.97. The first-order chi connectivity index (χ1) is 7.76. The molecule has 88 valence electrons. The van der Waals surface area contributed by atoms with Crippen molar-refractivity contribution in [2.45, 2.75) is 18.7 Å². The molecule has 0 aliphatic rings. The number of rotatable bonds is 6. The third-order valence-corrected chi connectivity index (χ3v) is 2.62. The van der Waals surface area contributed by atoms with Crippen molar-refractivity contribution in [2.24, 2.45) is 0 Å². The van der Waals surface area contributed by atoms with Crippen LogP contribution in [0.15, 0.2) is 24.3 Å². The van der Waals surface area contributed by atoms with Crippen molar-refractivity contribution < 1.29 is 9.53 Å². The van der Waals surface area contributed by atoms with Gasteiger partial charge in [-0.15, -0.1) is 0 Å². The number of carbonyl (C=O) groups is 1. The highest BCUT2D eigenvalue weighted by atomic mass is 79.9. The van der Waals surface area contributed by atoms with E-state index >= 15 is 0 Å². The first kappa shape index (κ1) is 13.2. The van der Waals surface area contributed by atoms with Gasteiger partial charge in [-0.25, -0.2) is 0 Å². The average Bonchev–Trinajstić information content (AvgIpc) is 2.30. The van der Waals surface area contributed by atoms with E-state index in [1.54, 1.807) is 0 Å². The van der Waals surface area contributed by atoms with Crippen LogP contribution in [0.25, 0.3) is 0 Å². The Labute approximate surface area is 104 Å². The molecule has 0 atom stereocenters. The second-order valence-corrected chi connectivity index (χ2v) is 3.99. The summed E-state index contributed by atoms with van der Waals surface area (Å²) in [5.41, 5.74) is 1.98. The summed E-state index contributed by atoms with van der Waals surface area (Å²) in [4.78, 5) is 11.4. The summed E-state index contributed by atoms with van der Waals surface area (Å²) in [7, 11) is 0. The van der Waals surface area contributed by atoms with Crippen LogP contribution in [0.3, 0.4) is 0 Å². The number of halogens is 1. The summed E-state index contributed by atoms with van der Waals surface area (Å²) in [6.07, 6.45) is 0.924. The molecule has 0 spiro atoms. The fourth-order valence-electron chi connectivity index (χ4n) is 1.18. The third kappa shape index (κ3) is 4.77. The number of alkyl halides is 1. The van der Waals surface area contributed by atoms with E-state index in [9.17, 15) is 4.79 Å². The zero-order chi connectivity index (χ0) is 11.8. The predicted octanol–water partition coefficient (Wildman–Crippen LogP) is 2.95. The minimum Gasteiger partial charge on any atom is -0.372 e. The van der Waals surface area contributed by atoms with Gasteiger partial charge in [-0.1, -0.05) is 35.0 Å². The second-order valence-electron chi connectivity index (χ2n) is 3.43. The fourth-order valence-corrected chi connectivity index (χ4v) is 1.56. The van der Waals surface area contributed by atoms with Gasteiger partial charge in [0.1, 0.15) is 6.61 Å². The molecule has 0 unspecified atom stereocenters. The van der Waals surface area contributed by atoms with Crippen molar-refractivity contribution in [3.05, 3.63) is 29.8 Å². The highest BCUT2D eigenvalue weighted by Gasteiger charge is 2.01. The second kappa shape index (κ2) is 7.41. The van der Waals surface area contributed by atoms with Gasteiger partial charge in [-0.2, -0.15) is 0 Å². The summed E-state index contributed by atoms with van der Waals surface area (Å²) < 4.78 is 5.14. The van der Waals surface area contributed by atoms with Crippen molar-refractivity contribution in [3.63, 3.8) is 0 Å². The van der Waals surface area contributed by atoms with Gasteiger partial charge in [0.25, 0.3) is 0 Å². The number of nitrogens with one attached hydrogen (secondary N) is 1. The molecule has 0 aliphatic carbocycles. The Morgan fingerprint density at radius 2 is 2.06 bits per heavy atom. The number of carbonyl (C=O) groups excluding carboxylic acids is 1. The van der Waals surface area contributed by atoms with E-state index in [4.69, 9.17) is 4.74 Å². The van der Waals surface area contributed by atoms with Crippen molar-refractivity contribution in [3.8, 4) is 0 Å². The smallest absolute Gasteiger partial charge is 0.250 e. The lowest BCUT2D eigenvalue weighted by molar-refractivity contribution is -0.120. The summed E-state index contributed by atoms with van der Waals surface area (Å²) in [5, 5.41) is 3.59. The number of hydrogen-bond acceptors (Lipinski definition) is 2. The molecule has 0 bridgehead atoms. The molecular weight excluding hydrogens is 270 g/mol. The van der Waals surface area contributed by atoms with E-state index in [0.717, 1.165) is 17.4 Å². The standard InChI is InChI=1S/C12H16BrNO2/c1-2-7-16-9-12(15)14-11-5-3-10(8-13)4-6-11/h3-6H,2,7-9H2,1H3,(H,14,15). The van der Waals surface area contributed by atoms with Gasteiger partial charge in [-0.3, -0.25) is 4.79 Å². The predicted molar refractivity (Wildman–Crippen MR) is 68.8 cm³/mol. The van der Waals surface area contributed by atoms with Gasteiger partial charge in [0, 0.05) is 17.6 Å². The number of ether oxygens (including phenoxy) is 1. The van der Waals surface area contributed by atoms with Crippen LogP contribution in [-0.4, -0.2) is 19.1 Å². The number of anilines is 1. The zero-order valence-electron chi connectivity index (χ0n) is 9.33. The van der Waals surface area contributed by atoms with E-state index in [-0.39, 0.29) is 12.5 Å². The molecule has 0 heterocycles. The first-order valence-corrected chi connectivity index (χ1v) is 6.41. The van der Waals surface area contributed by atoms with Crippen LogP contribution < -0.4 is 5.32 Å². The quantitative estimate of drug-likeness (QED) is 0.645. The summed E-state index contributed by atoms with van der Waals surface area (Å²) >= 11 is 3.37. The van der Waals surface area contributed by atoms with Gasteiger partial charge in [-0.05, 0) is 24.1 Å². The Kier molecular flexibility index (Phi) is 6.11. The minimum absolute atomic E-state index is 0.111. The van der Waals surface area contributed by atoms with Gasteiger partial charge in [0.15, 0.2) is 0 Å². The van der Waals surface area contributed by atoms with Crippen molar-refractivity contribution >= 4 is 27.5 Å². The maximum atomic E-state index is 11.4. The maximum absolute atomic E-state index is 11.4. The highest BCUT2D eigenvalue weighted by molar-refractivity contribution is 9.08. The molecule has 0 fully saturated rings. The Hall–Kier alpha value is -0.870. The Balaban J connectivity index is 2.37. The SMILES string of the molecule is CCCOCC(=O)Nc1ccc(CBr)cc1. The molecule has 1 N–H and O–H groups in total. The van der Waals surface area contributed by atoms with E-state index in [1.807, 2.05) is 31.2 Å². The molecule has 0 aromatic heterocycles. The normalized spacial score (nSPS) is 10.1. The highest BCUT2D eigenvalue weighted by Crippen LogP contribution is 2.11. The summed E-state index contributed by atoms with van der Waals surface area (Å²) in [6, 6.07) is 7.71. The van der Waals surface area contributed by atoms with E-state index < -0.39 is 0 Å². The first-order valence-electron chi connectivity index (χ1n) is 5.28. The molecule has 0 aliphatic heterocycles. The summed E-state index contributed by atoms with van der Waals surface area (Å²) in [5.74, 6) is -0.111. The van der Waals surface area contributed by atoms with Crippen LogP contribution in [0.1, 0.15) is 18.9 Å². The fraction of sp³-hybridized carbons (Fsp3) is 0.417. The van der Waals surface area contributed by atoms with Crippen molar-refractivity contribution in [2.75, 3.05) is 18.5 Å². The lowest BCUT2D eigenvalue weighted by atomic mass is 10.2. The molecular formula is C12H16BrNO2. The maximum Gasteiger partial charge on any atom is 0.250 e. The molecule has 1 rings (SSSR count). The Bertz CT molecular complexity index is 324. The molecule has 1 aromatic carbocycles. The zero-order valence-corrected chi connectivity index (χ0v) is 10.9. The average molecular weight is 286 g/mol. The Morgan fingerprint density at radius 3 is 2.62 bits per heavy atom. The van der Waals surface area contributed by atoms with Crippen LogP contribution in [0.2, 0.25) is 0 Å². The molecule has 0 radical (unpaired) electrons. The molecule has 0 saturated carbocycles. The van der Waals surface area contributed by atoms with Crippen molar-refractivity contribution in [1.82, 2.24) is 0 Å². The van der Waals surface area contributed by atoms with Crippen LogP contribution in [0, 0.1) is 0 Å². The molecule has 1 aromatic rings. The lowest BCUT2D eigenvalue weighted by Crippen LogP contribution is -2.18. The van der Waals surface area contributed by atoms with E-state index in [0.29, 0.717) is 6.61 Å². The molecule has 16 heavy (non-hydrogen) atoms. The van der Waals surface area contributed by atoms with Gasteiger partial charge in [0.2, 0.25) is 5.91 Å². The molecule has 0 saturated heterocycles. The van der Waals surface area contributed by atoms with Crippen LogP contribution >= 0.6 is 15.9 Å². The van der Waals surface area contributed by atoms with Crippen molar-refractivity contribution in [1.29, 1.82) is 0 Å². The number of amides is 1. The number of hydrogen-bond donors (Lipinski definition) is 1. The minimum atomic E-state index is -0.111. The van der Waals surface area contributed by atoms with E-state index in [1.165, 1.54) is 5.56 Å². The van der Waals surface area contributed by atoms with E-state index in [2.05, 4.69) is 21.2 Å². The summed E-state index contributed by atoms with van der Waals surface area (Å²) in [6.45, 7) is 2.75. The topological polar surface area (TPSA) is 38.3 Å². The Morgan fingerprint density at radius 1 is 1.38 bits per heavy atom. The number of benzene rings is 1. The molecule has 4 heteroatoms. The van der Waals surface area contributed by atoms with Gasteiger partial charge < -0.3 is 10.1 Å². The largest absolute Gasteiger partial charge is 0.372 e. The van der Waals surface area contributed by atoms with Crippen LogP contribution in [-0.2, 0) is 14.9 Å². The van der Waals surface area contributed by atoms with Crippen LogP contribution in [0.5, 0.6) is 0 Å². The van der Waals surface area contributed by atoms with Gasteiger partial charge >= 0.3 is 0 Å². The van der Waals surface area contributed by atoms with Crippen LogP contribution in [0.4, 0.5) is 5.69 Å². The monoisotopic (exact) mass is 285 g/mol. The lowest BCUT2D eigenvalue weighted by Gasteiger charge is -2.06. The molecule has 1 amide bonds. The molecule has 3 nitrogen and oxygen atoms in total.